The van der Waals surface area contributed by atoms with Gasteiger partial charge in [0, 0.05) is 48.0 Å². The van der Waals surface area contributed by atoms with Crippen molar-refractivity contribution >= 4 is 10.9 Å². The summed E-state index contributed by atoms with van der Waals surface area (Å²) < 4.78 is 3.89. The van der Waals surface area contributed by atoms with Gasteiger partial charge in [-0.25, -0.2) is 4.68 Å². The first-order valence-corrected chi connectivity index (χ1v) is 7.68. The molecule has 3 aromatic heterocycles. The highest BCUT2D eigenvalue weighted by Gasteiger charge is 2.14. The highest BCUT2D eigenvalue weighted by atomic mass is 15.3. The number of hydrogen-bond donors (Lipinski definition) is 0. The first-order chi connectivity index (χ1) is 11.3. The summed E-state index contributed by atoms with van der Waals surface area (Å²) in [6.07, 6.45) is 8.44. The number of aromatic nitrogens is 5. The Bertz CT molecular complexity index is 924. The van der Waals surface area contributed by atoms with Crippen LogP contribution in [0.2, 0.25) is 0 Å². The lowest BCUT2D eigenvalue weighted by Gasteiger charge is -2.15. The second kappa shape index (κ2) is 5.68. The molecule has 0 saturated heterocycles. The lowest BCUT2D eigenvalue weighted by molar-refractivity contribution is 0.610. The zero-order valence-electron chi connectivity index (χ0n) is 12.9. The average molecular weight is 303 g/mol. The molecular formula is C18H17N5. The topological polar surface area (TPSA) is 48.5 Å². The third kappa shape index (κ3) is 2.50. The van der Waals surface area contributed by atoms with Gasteiger partial charge in [0.25, 0.3) is 0 Å². The molecule has 5 nitrogen and oxygen atoms in total. The molecule has 0 unspecified atom stereocenters. The molecule has 4 rings (SSSR count). The van der Waals surface area contributed by atoms with Gasteiger partial charge in [0.15, 0.2) is 0 Å². The van der Waals surface area contributed by atoms with E-state index in [0.29, 0.717) is 0 Å². The molecule has 0 bridgehead atoms. The predicted molar refractivity (Wildman–Crippen MR) is 89.5 cm³/mol. The van der Waals surface area contributed by atoms with Gasteiger partial charge in [-0.05, 0) is 31.5 Å². The van der Waals surface area contributed by atoms with Crippen LogP contribution in [0, 0.1) is 6.92 Å². The van der Waals surface area contributed by atoms with Crippen LogP contribution in [-0.4, -0.2) is 24.5 Å². The molecule has 1 aromatic carbocycles. The summed E-state index contributed by atoms with van der Waals surface area (Å²) in [5.41, 5.74) is 4.37. The lowest BCUT2D eigenvalue weighted by atomic mass is 10.0. The second-order valence-corrected chi connectivity index (χ2v) is 5.51. The van der Waals surface area contributed by atoms with Crippen LogP contribution in [0.15, 0.2) is 61.2 Å². The molecule has 0 fully saturated rings. The molecule has 0 aliphatic rings. The Balaban J connectivity index is 1.87. The Kier molecular flexibility index (Phi) is 3.38. The van der Waals surface area contributed by atoms with E-state index < -0.39 is 0 Å². The molecule has 3 heterocycles. The van der Waals surface area contributed by atoms with Crippen molar-refractivity contribution in [3.63, 3.8) is 0 Å². The fraction of sp³-hybridized carbons (Fsp3) is 0.167. The number of aryl methyl sites for hydroxylation is 2. The average Bonchev–Trinajstić information content (AvgIpc) is 3.26. The molecule has 0 saturated carbocycles. The van der Waals surface area contributed by atoms with E-state index in [-0.39, 0.29) is 0 Å². The summed E-state index contributed by atoms with van der Waals surface area (Å²) in [5.74, 6) is 0. The van der Waals surface area contributed by atoms with Crippen LogP contribution >= 0.6 is 0 Å². The highest BCUT2D eigenvalue weighted by molar-refractivity contribution is 5.88. The maximum absolute atomic E-state index is 4.78. The van der Waals surface area contributed by atoms with Crippen molar-refractivity contribution in [3.8, 4) is 5.69 Å². The van der Waals surface area contributed by atoms with E-state index in [1.807, 2.05) is 58.3 Å². The zero-order chi connectivity index (χ0) is 15.6. The molecule has 114 valence electrons. The summed E-state index contributed by atoms with van der Waals surface area (Å²) in [5, 5.41) is 9.86. The van der Waals surface area contributed by atoms with Crippen molar-refractivity contribution in [2.75, 3.05) is 0 Å². The number of pyridine rings is 1. The Morgan fingerprint density at radius 2 is 1.78 bits per heavy atom. The summed E-state index contributed by atoms with van der Waals surface area (Å²) in [7, 11) is 0. The van der Waals surface area contributed by atoms with Gasteiger partial charge in [-0.2, -0.15) is 10.2 Å². The second-order valence-electron chi connectivity index (χ2n) is 5.51. The molecule has 0 atom stereocenters. The van der Waals surface area contributed by atoms with Crippen molar-refractivity contribution in [1.82, 2.24) is 24.5 Å². The Labute approximate surface area is 134 Å². The van der Waals surface area contributed by atoms with Crippen LogP contribution < -0.4 is 0 Å². The van der Waals surface area contributed by atoms with Gasteiger partial charge in [0.1, 0.15) is 0 Å². The number of nitrogens with zero attached hydrogens (tertiary/aromatic N) is 5. The zero-order valence-corrected chi connectivity index (χ0v) is 12.9. The minimum atomic E-state index is 0.822. The van der Waals surface area contributed by atoms with E-state index in [0.717, 1.165) is 35.2 Å². The summed E-state index contributed by atoms with van der Waals surface area (Å²) in [6, 6.07) is 12.1. The maximum atomic E-state index is 4.78. The third-order valence-electron chi connectivity index (χ3n) is 4.05. The number of rotatable bonds is 4. The molecule has 23 heavy (non-hydrogen) atoms. The van der Waals surface area contributed by atoms with Gasteiger partial charge in [0.05, 0.1) is 11.2 Å². The van der Waals surface area contributed by atoms with Gasteiger partial charge >= 0.3 is 0 Å². The normalized spacial score (nSPS) is 11.2. The SMILES string of the molecule is Cc1nc2ccccc2c(-n2cccn2)c1CCn1cccn1. The minimum absolute atomic E-state index is 0.822. The molecule has 0 radical (unpaired) electrons. The van der Waals surface area contributed by atoms with Crippen molar-refractivity contribution in [3.05, 3.63) is 72.4 Å². The van der Waals surface area contributed by atoms with E-state index in [1.54, 1.807) is 6.20 Å². The largest absolute Gasteiger partial charge is 0.272 e. The smallest absolute Gasteiger partial charge is 0.0790 e. The summed E-state index contributed by atoms with van der Waals surface area (Å²) in [6.45, 7) is 2.89. The molecule has 0 aliphatic heterocycles. The number of hydrogen-bond acceptors (Lipinski definition) is 3. The Morgan fingerprint density at radius 1 is 0.957 bits per heavy atom. The summed E-state index contributed by atoms with van der Waals surface area (Å²) in [4.78, 5) is 4.78. The van der Waals surface area contributed by atoms with Gasteiger partial charge in [-0.1, -0.05) is 18.2 Å². The van der Waals surface area contributed by atoms with Crippen molar-refractivity contribution in [1.29, 1.82) is 0 Å². The quantitative estimate of drug-likeness (QED) is 0.582. The van der Waals surface area contributed by atoms with Gasteiger partial charge in [-0.15, -0.1) is 0 Å². The Hall–Kier alpha value is -2.95. The highest BCUT2D eigenvalue weighted by Crippen LogP contribution is 2.27. The molecule has 0 aliphatic carbocycles. The van der Waals surface area contributed by atoms with Crippen molar-refractivity contribution < 1.29 is 0 Å². The third-order valence-corrected chi connectivity index (χ3v) is 4.05. The van der Waals surface area contributed by atoms with Crippen LogP contribution in [0.1, 0.15) is 11.3 Å². The first-order valence-electron chi connectivity index (χ1n) is 7.68. The molecule has 0 spiro atoms. The van der Waals surface area contributed by atoms with Gasteiger partial charge in [0.2, 0.25) is 0 Å². The van der Waals surface area contributed by atoms with Crippen LogP contribution in [0.3, 0.4) is 0 Å². The standard InChI is InChI=1S/C18H17N5/c1-14-15(8-13-22-11-4-9-19-22)18(23-12-5-10-20-23)16-6-2-3-7-17(16)21-14/h2-7,9-12H,8,13H2,1H3. The fourth-order valence-electron chi connectivity index (χ4n) is 2.97. The Morgan fingerprint density at radius 3 is 2.57 bits per heavy atom. The van der Waals surface area contributed by atoms with Crippen molar-refractivity contribution in [2.45, 2.75) is 19.9 Å². The van der Waals surface area contributed by atoms with Crippen molar-refractivity contribution in [2.24, 2.45) is 0 Å². The molecular weight excluding hydrogens is 286 g/mol. The van der Waals surface area contributed by atoms with Gasteiger partial charge < -0.3 is 0 Å². The minimum Gasteiger partial charge on any atom is -0.272 e. The predicted octanol–water partition coefficient (Wildman–Crippen LogP) is 3.17. The fourth-order valence-corrected chi connectivity index (χ4v) is 2.97. The number of para-hydroxylation sites is 1. The molecule has 0 amide bonds. The first kappa shape index (κ1) is 13.7. The lowest BCUT2D eigenvalue weighted by Crippen LogP contribution is -2.09. The molecule has 4 aromatic rings. The van der Waals surface area contributed by atoms with Gasteiger partial charge in [-0.3, -0.25) is 9.67 Å². The van der Waals surface area contributed by atoms with E-state index in [2.05, 4.69) is 23.2 Å². The number of benzene rings is 1. The summed E-state index contributed by atoms with van der Waals surface area (Å²) >= 11 is 0. The monoisotopic (exact) mass is 303 g/mol. The number of fused-ring (bicyclic) bond motifs is 1. The van der Waals surface area contributed by atoms with Crippen LogP contribution in [0.25, 0.3) is 16.6 Å². The van der Waals surface area contributed by atoms with Crippen LogP contribution in [0.5, 0.6) is 0 Å². The van der Waals surface area contributed by atoms with Crippen LogP contribution in [-0.2, 0) is 13.0 Å². The molecule has 5 heteroatoms. The van der Waals surface area contributed by atoms with E-state index in [4.69, 9.17) is 4.98 Å². The van der Waals surface area contributed by atoms with Crippen LogP contribution in [0.4, 0.5) is 0 Å². The maximum Gasteiger partial charge on any atom is 0.0790 e. The van der Waals surface area contributed by atoms with E-state index >= 15 is 0 Å². The van der Waals surface area contributed by atoms with E-state index in [1.165, 1.54) is 5.56 Å². The molecule has 0 N–H and O–H groups in total. The van der Waals surface area contributed by atoms with E-state index in [9.17, 15) is 0 Å².